The molecule has 4 amide bonds. The fraction of sp³-hybridized carbons (Fsp3) is 0.367. The molecule has 42 heavy (non-hydrogen) atoms. The maximum atomic E-state index is 13.9. The van der Waals surface area contributed by atoms with Crippen LogP contribution in [0.15, 0.2) is 60.8 Å². The van der Waals surface area contributed by atoms with Gasteiger partial charge in [0.2, 0.25) is 23.6 Å². The lowest BCUT2D eigenvalue weighted by atomic mass is 10.0. The largest absolute Gasteiger partial charge is 0.480 e. The number of carboxylic acid groups (broad SMARTS) is 1. The molecule has 2 aromatic carbocycles. The standard InChI is InChI=1S/C30H36N6O6/c31-21(16-19-17-33-22-10-5-4-9-20(19)22)27(38)35-24(15-18-7-2-1-3-8-18)29(40)36-14-6-11-25(36)28(39)34-23(30(41)42)12-13-26(32)37/h1-5,7-10,17,21,23-25,33H,6,11-16,31H2,(H2,32,37)(H,34,39)(H,35,38)(H,41,42). The summed E-state index contributed by atoms with van der Waals surface area (Å²) in [6, 6.07) is 12.6. The number of aliphatic carboxylic acids is 1. The second kappa shape index (κ2) is 13.8. The van der Waals surface area contributed by atoms with E-state index in [1.54, 1.807) is 0 Å². The summed E-state index contributed by atoms with van der Waals surface area (Å²) < 4.78 is 0. The van der Waals surface area contributed by atoms with E-state index in [0.717, 1.165) is 22.0 Å². The number of nitrogens with two attached hydrogens (primary N) is 2. The van der Waals surface area contributed by atoms with E-state index in [9.17, 15) is 29.1 Å². The molecule has 4 rings (SSSR count). The number of hydrogen-bond donors (Lipinski definition) is 6. The van der Waals surface area contributed by atoms with Crippen molar-refractivity contribution >= 4 is 40.5 Å². The van der Waals surface area contributed by atoms with E-state index in [1.165, 1.54) is 4.90 Å². The van der Waals surface area contributed by atoms with Gasteiger partial charge in [0.1, 0.15) is 18.1 Å². The van der Waals surface area contributed by atoms with Gasteiger partial charge in [0, 0.05) is 36.5 Å². The molecule has 1 aromatic heterocycles. The SMILES string of the molecule is NC(=O)CCC(NC(=O)C1CCCN1C(=O)C(Cc1ccccc1)NC(=O)C(N)Cc1c[nH]c2ccccc12)C(=O)O. The van der Waals surface area contributed by atoms with E-state index in [1.807, 2.05) is 60.8 Å². The highest BCUT2D eigenvalue weighted by molar-refractivity contribution is 5.95. The first kappa shape index (κ1) is 30.3. The fourth-order valence-electron chi connectivity index (χ4n) is 5.27. The van der Waals surface area contributed by atoms with Crippen LogP contribution < -0.4 is 22.1 Å². The van der Waals surface area contributed by atoms with Gasteiger partial charge in [-0.1, -0.05) is 48.5 Å². The molecule has 8 N–H and O–H groups in total. The molecule has 1 fully saturated rings. The van der Waals surface area contributed by atoms with Gasteiger partial charge >= 0.3 is 5.97 Å². The third-order valence-electron chi connectivity index (χ3n) is 7.48. The van der Waals surface area contributed by atoms with Crippen LogP contribution in [0.2, 0.25) is 0 Å². The third kappa shape index (κ3) is 7.52. The number of nitrogens with one attached hydrogen (secondary N) is 3. The molecule has 12 nitrogen and oxygen atoms in total. The number of carboxylic acids is 1. The zero-order valence-corrected chi connectivity index (χ0v) is 23.1. The summed E-state index contributed by atoms with van der Waals surface area (Å²) >= 11 is 0. The van der Waals surface area contributed by atoms with Crippen LogP contribution in [0.5, 0.6) is 0 Å². The third-order valence-corrected chi connectivity index (χ3v) is 7.48. The highest BCUT2D eigenvalue weighted by Crippen LogP contribution is 2.21. The Morgan fingerprint density at radius 3 is 2.40 bits per heavy atom. The molecule has 222 valence electrons. The normalized spacial score (nSPS) is 16.9. The summed E-state index contributed by atoms with van der Waals surface area (Å²) in [5.41, 5.74) is 14.0. The highest BCUT2D eigenvalue weighted by atomic mass is 16.4. The van der Waals surface area contributed by atoms with Crippen molar-refractivity contribution in [1.29, 1.82) is 0 Å². The number of primary amides is 1. The number of aromatic nitrogens is 1. The van der Waals surface area contributed by atoms with Crippen LogP contribution in [0.25, 0.3) is 10.9 Å². The molecule has 0 saturated carbocycles. The zero-order chi connectivity index (χ0) is 30.2. The van der Waals surface area contributed by atoms with Gasteiger partial charge < -0.3 is 37.1 Å². The second-order valence-corrected chi connectivity index (χ2v) is 10.5. The van der Waals surface area contributed by atoms with Gasteiger partial charge in [0.25, 0.3) is 0 Å². The second-order valence-electron chi connectivity index (χ2n) is 10.5. The number of carbonyl (C=O) groups is 5. The van der Waals surface area contributed by atoms with E-state index >= 15 is 0 Å². The van der Waals surface area contributed by atoms with Crippen LogP contribution >= 0.6 is 0 Å². The van der Waals surface area contributed by atoms with Gasteiger partial charge in [-0.2, -0.15) is 0 Å². The number of aromatic amines is 1. The summed E-state index contributed by atoms with van der Waals surface area (Å²) in [6.45, 7) is 0.262. The van der Waals surface area contributed by atoms with Crippen LogP contribution in [0.3, 0.4) is 0 Å². The molecular formula is C30H36N6O6. The Labute approximate surface area is 242 Å². The molecule has 0 radical (unpaired) electrons. The molecular weight excluding hydrogens is 540 g/mol. The van der Waals surface area contributed by atoms with Crippen molar-refractivity contribution in [2.24, 2.45) is 11.5 Å². The van der Waals surface area contributed by atoms with Crippen molar-refractivity contribution in [3.05, 3.63) is 71.9 Å². The quantitative estimate of drug-likeness (QED) is 0.171. The summed E-state index contributed by atoms with van der Waals surface area (Å²) in [5.74, 6) is -3.60. The monoisotopic (exact) mass is 576 g/mol. The number of para-hydroxylation sites is 1. The van der Waals surface area contributed by atoms with E-state index in [0.29, 0.717) is 12.8 Å². The maximum Gasteiger partial charge on any atom is 0.326 e. The van der Waals surface area contributed by atoms with Gasteiger partial charge in [-0.25, -0.2) is 4.79 Å². The number of H-pyrrole nitrogens is 1. The lowest BCUT2D eigenvalue weighted by molar-refractivity contribution is -0.145. The molecule has 2 heterocycles. The first-order valence-corrected chi connectivity index (χ1v) is 13.9. The summed E-state index contributed by atoms with van der Waals surface area (Å²) in [7, 11) is 0. The van der Waals surface area contributed by atoms with Crippen LogP contribution in [0, 0.1) is 0 Å². The van der Waals surface area contributed by atoms with E-state index in [2.05, 4.69) is 15.6 Å². The average Bonchev–Trinajstić information content (AvgIpc) is 3.62. The molecule has 0 aliphatic carbocycles. The Morgan fingerprint density at radius 1 is 0.976 bits per heavy atom. The average molecular weight is 577 g/mol. The maximum absolute atomic E-state index is 13.9. The molecule has 12 heteroatoms. The van der Waals surface area contributed by atoms with Gasteiger partial charge in [-0.15, -0.1) is 0 Å². The summed E-state index contributed by atoms with van der Waals surface area (Å²) in [5, 5.41) is 15.7. The van der Waals surface area contributed by atoms with Crippen LogP contribution in [-0.4, -0.2) is 75.3 Å². The highest BCUT2D eigenvalue weighted by Gasteiger charge is 2.39. The van der Waals surface area contributed by atoms with Crippen molar-refractivity contribution in [3.63, 3.8) is 0 Å². The van der Waals surface area contributed by atoms with Gasteiger partial charge in [-0.3, -0.25) is 19.2 Å². The number of rotatable bonds is 13. The van der Waals surface area contributed by atoms with Gasteiger partial charge in [0.05, 0.1) is 6.04 Å². The van der Waals surface area contributed by atoms with Crippen LogP contribution in [-0.2, 0) is 36.8 Å². The minimum atomic E-state index is -1.33. The van der Waals surface area contributed by atoms with Crippen molar-refractivity contribution in [1.82, 2.24) is 20.5 Å². The number of likely N-dealkylation sites (tertiary alicyclic amines) is 1. The Bertz CT molecular complexity index is 1440. The topological polar surface area (TPSA) is 201 Å². The smallest absolute Gasteiger partial charge is 0.326 e. The molecule has 0 spiro atoms. The fourth-order valence-corrected chi connectivity index (χ4v) is 5.27. The Hall–Kier alpha value is -4.71. The van der Waals surface area contributed by atoms with Crippen molar-refractivity contribution in [2.75, 3.05) is 6.54 Å². The van der Waals surface area contributed by atoms with Crippen molar-refractivity contribution < 1.29 is 29.1 Å². The molecule has 3 aromatic rings. The number of amides is 4. The predicted molar refractivity (Wildman–Crippen MR) is 155 cm³/mol. The van der Waals surface area contributed by atoms with E-state index < -0.39 is 53.8 Å². The van der Waals surface area contributed by atoms with E-state index in [4.69, 9.17) is 11.5 Å². The van der Waals surface area contributed by atoms with Crippen LogP contribution in [0.1, 0.15) is 36.8 Å². The minimum Gasteiger partial charge on any atom is -0.480 e. The van der Waals surface area contributed by atoms with Crippen molar-refractivity contribution in [3.8, 4) is 0 Å². The summed E-state index contributed by atoms with van der Waals surface area (Å²) in [4.78, 5) is 67.6. The predicted octanol–water partition coefficient (Wildman–Crippen LogP) is 0.591. The number of hydrogen-bond acceptors (Lipinski definition) is 6. The lowest BCUT2D eigenvalue weighted by Crippen LogP contribution is -2.57. The molecule has 1 aliphatic rings. The van der Waals surface area contributed by atoms with Crippen LogP contribution in [0.4, 0.5) is 0 Å². The van der Waals surface area contributed by atoms with Crippen molar-refractivity contribution in [2.45, 2.75) is 62.7 Å². The molecule has 4 unspecified atom stereocenters. The number of nitrogens with zero attached hydrogens (tertiary/aromatic N) is 1. The van der Waals surface area contributed by atoms with Gasteiger partial charge in [0.15, 0.2) is 0 Å². The Balaban J connectivity index is 1.48. The summed E-state index contributed by atoms with van der Waals surface area (Å²) in [6.07, 6.45) is 2.70. The van der Waals surface area contributed by atoms with E-state index in [-0.39, 0.29) is 32.2 Å². The number of benzene rings is 2. The molecule has 0 bridgehead atoms. The Kier molecular flexibility index (Phi) is 9.92. The first-order valence-electron chi connectivity index (χ1n) is 13.9. The first-order chi connectivity index (χ1) is 20.1. The number of fused-ring (bicyclic) bond motifs is 1. The van der Waals surface area contributed by atoms with Gasteiger partial charge in [-0.05, 0) is 42.9 Å². The Morgan fingerprint density at radius 2 is 1.69 bits per heavy atom. The zero-order valence-electron chi connectivity index (χ0n) is 23.1. The number of carbonyl (C=O) groups excluding carboxylic acids is 4. The lowest BCUT2D eigenvalue weighted by Gasteiger charge is -2.30. The minimum absolute atomic E-state index is 0.169. The molecule has 4 atom stereocenters. The molecule has 1 aliphatic heterocycles. The molecule has 1 saturated heterocycles.